The Hall–Kier alpha value is -1.75. The van der Waals surface area contributed by atoms with Crippen molar-refractivity contribution in [2.45, 2.75) is 20.1 Å². The molecule has 0 N–H and O–H groups in total. The number of halogens is 2. The first-order valence-electron chi connectivity index (χ1n) is 7.38. The highest BCUT2D eigenvalue weighted by Crippen LogP contribution is 2.33. The average molecular weight is 337 g/mol. The third-order valence-electron chi connectivity index (χ3n) is 3.34. The molecular weight excluding hydrogens is 319 g/mol. The second-order valence-corrected chi connectivity index (χ2v) is 5.26. The third kappa shape index (κ3) is 4.16. The molecule has 0 aliphatic carbocycles. The van der Waals surface area contributed by atoms with Gasteiger partial charge in [-0.3, -0.25) is 4.79 Å². The Balaban J connectivity index is 2.53. The Kier molecular flexibility index (Phi) is 6.28. The molecule has 2 rings (SSSR count). The van der Waals surface area contributed by atoms with Crippen molar-refractivity contribution in [2.24, 2.45) is 0 Å². The molecule has 0 amide bonds. The maximum Gasteiger partial charge on any atom is 0.184 e. The van der Waals surface area contributed by atoms with Gasteiger partial charge in [0.15, 0.2) is 12.6 Å². The lowest BCUT2D eigenvalue weighted by Crippen LogP contribution is -2.10. The third-order valence-corrected chi connectivity index (χ3v) is 3.58. The molecule has 0 atom stereocenters. The molecule has 3 nitrogen and oxygen atoms in total. The van der Waals surface area contributed by atoms with Gasteiger partial charge in [-0.2, -0.15) is 0 Å². The van der Waals surface area contributed by atoms with Crippen LogP contribution in [0.15, 0.2) is 36.4 Å². The Bertz CT molecular complexity index is 682. The van der Waals surface area contributed by atoms with Crippen molar-refractivity contribution in [3.8, 4) is 11.1 Å². The molecule has 122 valence electrons. The Morgan fingerprint density at radius 1 is 1.13 bits per heavy atom. The van der Waals surface area contributed by atoms with E-state index < -0.39 is 12.1 Å². The van der Waals surface area contributed by atoms with Gasteiger partial charge >= 0.3 is 0 Å². The standard InChI is InChI=1S/C18H18ClFO3/c1-3-22-18(23-4-2)16-10-14(19)7-8-15(16)12-5-6-13(11-21)17(20)9-12/h5-11,18H,3-4H2,1-2H3. The van der Waals surface area contributed by atoms with Crippen LogP contribution in [0.3, 0.4) is 0 Å². The summed E-state index contributed by atoms with van der Waals surface area (Å²) in [6.07, 6.45) is -0.0991. The zero-order valence-corrected chi connectivity index (χ0v) is 13.8. The molecule has 0 saturated heterocycles. The molecule has 0 bridgehead atoms. The lowest BCUT2D eigenvalue weighted by atomic mass is 9.98. The number of benzene rings is 2. The van der Waals surface area contributed by atoms with Gasteiger partial charge in [-0.1, -0.05) is 23.7 Å². The molecule has 0 aromatic heterocycles. The van der Waals surface area contributed by atoms with E-state index in [1.54, 1.807) is 24.3 Å². The summed E-state index contributed by atoms with van der Waals surface area (Å²) in [5.74, 6) is -0.567. The van der Waals surface area contributed by atoms with Gasteiger partial charge in [-0.15, -0.1) is 0 Å². The van der Waals surface area contributed by atoms with Gasteiger partial charge in [-0.25, -0.2) is 4.39 Å². The van der Waals surface area contributed by atoms with Crippen LogP contribution in [0.2, 0.25) is 5.02 Å². The molecule has 0 aliphatic rings. The molecule has 0 fully saturated rings. The highest BCUT2D eigenvalue weighted by molar-refractivity contribution is 6.30. The molecule has 0 spiro atoms. The largest absolute Gasteiger partial charge is 0.349 e. The maximum absolute atomic E-state index is 13.9. The van der Waals surface area contributed by atoms with E-state index in [2.05, 4.69) is 0 Å². The first-order valence-corrected chi connectivity index (χ1v) is 7.76. The van der Waals surface area contributed by atoms with Gasteiger partial charge in [0, 0.05) is 23.8 Å². The van der Waals surface area contributed by atoms with E-state index in [1.165, 1.54) is 12.1 Å². The number of carbonyl (C=O) groups is 1. The van der Waals surface area contributed by atoms with Crippen LogP contribution in [-0.2, 0) is 9.47 Å². The van der Waals surface area contributed by atoms with E-state index >= 15 is 0 Å². The second kappa shape index (κ2) is 8.20. The number of rotatable bonds is 7. The lowest BCUT2D eigenvalue weighted by molar-refractivity contribution is -0.139. The van der Waals surface area contributed by atoms with Crippen LogP contribution in [0, 0.1) is 5.82 Å². The number of aldehydes is 1. The summed E-state index contributed by atoms with van der Waals surface area (Å²) in [5.41, 5.74) is 2.12. The summed E-state index contributed by atoms with van der Waals surface area (Å²) < 4.78 is 25.2. The molecular formula is C18H18ClFO3. The van der Waals surface area contributed by atoms with Crippen molar-refractivity contribution in [3.63, 3.8) is 0 Å². The van der Waals surface area contributed by atoms with Gasteiger partial charge in [0.2, 0.25) is 0 Å². The van der Waals surface area contributed by atoms with Crippen LogP contribution in [0.4, 0.5) is 4.39 Å². The summed E-state index contributed by atoms with van der Waals surface area (Å²) in [7, 11) is 0. The number of hydrogen-bond donors (Lipinski definition) is 0. The number of ether oxygens (including phenoxy) is 2. The van der Waals surface area contributed by atoms with Crippen molar-refractivity contribution >= 4 is 17.9 Å². The SMILES string of the molecule is CCOC(OCC)c1cc(Cl)ccc1-c1ccc(C=O)c(F)c1. The predicted molar refractivity (Wildman–Crippen MR) is 88.2 cm³/mol. The number of hydrogen-bond acceptors (Lipinski definition) is 3. The summed E-state index contributed by atoms with van der Waals surface area (Å²) in [6, 6.07) is 9.73. The Morgan fingerprint density at radius 3 is 2.39 bits per heavy atom. The first kappa shape index (κ1) is 17.6. The fourth-order valence-corrected chi connectivity index (χ4v) is 2.49. The minimum absolute atomic E-state index is 0.0235. The fraction of sp³-hybridized carbons (Fsp3) is 0.278. The fourth-order valence-electron chi connectivity index (χ4n) is 2.31. The van der Waals surface area contributed by atoms with Crippen LogP contribution >= 0.6 is 11.6 Å². The molecule has 2 aromatic carbocycles. The van der Waals surface area contributed by atoms with Crippen LogP contribution in [-0.4, -0.2) is 19.5 Å². The Labute approximate surface area is 140 Å². The zero-order chi connectivity index (χ0) is 16.8. The van der Waals surface area contributed by atoms with E-state index in [0.717, 1.165) is 11.1 Å². The molecule has 23 heavy (non-hydrogen) atoms. The minimum atomic E-state index is -0.590. The maximum atomic E-state index is 13.9. The monoisotopic (exact) mass is 336 g/mol. The van der Waals surface area contributed by atoms with Gasteiger partial charge in [0.1, 0.15) is 5.82 Å². The van der Waals surface area contributed by atoms with Crippen LogP contribution in [0.25, 0.3) is 11.1 Å². The molecule has 5 heteroatoms. The van der Waals surface area contributed by atoms with Crippen molar-refractivity contribution < 1.29 is 18.7 Å². The van der Waals surface area contributed by atoms with E-state index in [4.69, 9.17) is 21.1 Å². The van der Waals surface area contributed by atoms with E-state index in [0.29, 0.717) is 30.1 Å². The lowest BCUT2D eigenvalue weighted by Gasteiger charge is -2.21. The second-order valence-electron chi connectivity index (χ2n) is 4.83. The summed E-state index contributed by atoms with van der Waals surface area (Å²) >= 11 is 6.10. The molecule has 2 aromatic rings. The molecule has 0 unspecified atom stereocenters. The van der Waals surface area contributed by atoms with Crippen LogP contribution < -0.4 is 0 Å². The summed E-state index contributed by atoms with van der Waals surface area (Å²) in [5, 5.41) is 0.540. The van der Waals surface area contributed by atoms with E-state index in [1.807, 2.05) is 13.8 Å². The zero-order valence-electron chi connectivity index (χ0n) is 13.0. The van der Waals surface area contributed by atoms with Crippen LogP contribution in [0.5, 0.6) is 0 Å². The summed E-state index contributed by atoms with van der Waals surface area (Å²) in [4.78, 5) is 10.8. The minimum Gasteiger partial charge on any atom is -0.349 e. The quantitative estimate of drug-likeness (QED) is 0.525. The first-order chi connectivity index (χ1) is 11.1. The molecule has 0 saturated carbocycles. The Morgan fingerprint density at radius 2 is 1.83 bits per heavy atom. The van der Waals surface area contributed by atoms with Crippen molar-refractivity contribution in [1.29, 1.82) is 0 Å². The summed E-state index contributed by atoms with van der Waals surface area (Å²) in [6.45, 7) is 4.67. The van der Waals surface area contributed by atoms with Crippen molar-refractivity contribution in [3.05, 3.63) is 58.4 Å². The number of carbonyl (C=O) groups excluding carboxylic acids is 1. The van der Waals surface area contributed by atoms with E-state index in [9.17, 15) is 9.18 Å². The van der Waals surface area contributed by atoms with Crippen molar-refractivity contribution in [2.75, 3.05) is 13.2 Å². The topological polar surface area (TPSA) is 35.5 Å². The van der Waals surface area contributed by atoms with E-state index in [-0.39, 0.29) is 5.56 Å². The normalized spacial score (nSPS) is 11.0. The molecule has 0 radical (unpaired) electrons. The van der Waals surface area contributed by atoms with Crippen molar-refractivity contribution in [1.82, 2.24) is 0 Å². The molecule has 0 aliphatic heterocycles. The highest BCUT2D eigenvalue weighted by atomic mass is 35.5. The van der Waals surface area contributed by atoms with Crippen LogP contribution in [0.1, 0.15) is 36.1 Å². The average Bonchev–Trinajstić information content (AvgIpc) is 2.54. The van der Waals surface area contributed by atoms with Gasteiger partial charge < -0.3 is 9.47 Å². The van der Waals surface area contributed by atoms with Gasteiger partial charge in [0.05, 0.1) is 5.56 Å². The highest BCUT2D eigenvalue weighted by Gasteiger charge is 2.18. The van der Waals surface area contributed by atoms with Gasteiger partial charge in [0.25, 0.3) is 0 Å². The predicted octanol–water partition coefficient (Wildman–Crippen LogP) is 5.03. The smallest absolute Gasteiger partial charge is 0.184 e. The molecule has 0 heterocycles. The van der Waals surface area contributed by atoms with Gasteiger partial charge in [-0.05, 0) is 49.2 Å².